The van der Waals surface area contributed by atoms with Crippen LogP contribution in [0, 0.1) is 18.3 Å². The van der Waals surface area contributed by atoms with Gasteiger partial charge in [0.25, 0.3) is 10.0 Å². The van der Waals surface area contributed by atoms with Gasteiger partial charge in [-0.1, -0.05) is 31.9 Å². The van der Waals surface area contributed by atoms with Gasteiger partial charge in [0.1, 0.15) is 11.9 Å². The fourth-order valence-corrected chi connectivity index (χ4v) is 3.36. The SMILES string of the molecule is C#CCNC(=O)[C@@H](N=C1NS(=O)(=O)c2ccccc21)C(C)C. The van der Waals surface area contributed by atoms with Crippen molar-refractivity contribution in [1.29, 1.82) is 0 Å². The molecule has 0 bridgehead atoms. The molecule has 1 aliphatic rings. The first-order chi connectivity index (χ1) is 10.4. The van der Waals surface area contributed by atoms with Gasteiger partial charge in [0.2, 0.25) is 5.91 Å². The van der Waals surface area contributed by atoms with E-state index in [4.69, 9.17) is 6.42 Å². The number of hydrogen-bond acceptors (Lipinski definition) is 4. The predicted molar refractivity (Wildman–Crippen MR) is 83.8 cm³/mol. The largest absolute Gasteiger partial charge is 0.343 e. The fraction of sp³-hybridized carbons (Fsp3) is 0.333. The Hall–Kier alpha value is -2.33. The molecule has 0 spiro atoms. The van der Waals surface area contributed by atoms with Gasteiger partial charge in [0.05, 0.1) is 11.4 Å². The summed E-state index contributed by atoms with van der Waals surface area (Å²) in [5, 5.41) is 2.57. The van der Waals surface area contributed by atoms with E-state index in [9.17, 15) is 13.2 Å². The number of aliphatic imine (C=N–C) groups is 1. The molecular formula is C15H17N3O3S. The summed E-state index contributed by atoms with van der Waals surface area (Å²) in [6, 6.07) is 5.79. The van der Waals surface area contributed by atoms with E-state index in [2.05, 4.69) is 21.0 Å². The molecule has 22 heavy (non-hydrogen) atoms. The molecule has 1 heterocycles. The molecule has 0 saturated heterocycles. The van der Waals surface area contributed by atoms with Crippen molar-refractivity contribution in [2.45, 2.75) is 24.8 Å². The average molecular weight is 319 g/mol. The summed E-state index contributed by atoms with van der Waals surface area (Å²) in [6.45, 7) is 3.77. The average Bonchev–Trinajstić information content (AvgIpc) is 2.73. The van der Waals surface area contributed by atoms with Crippen LogP contribution in [0.4, 0.5) is 0 Å². The Morgan fingerprint density at radius 3 is 2.73 bits per heavy atom. The molecule has 1 aromatic rings. The maximum Gasteiger partial charge on any atom is 0.263 e. The fourth-order valence-electron chi connectivity index (χ4n) is 2.12. The highest BCUT2D eigenvalue weighted by Crippen LogP contribution is 2.23. The molecule has 7 heteroatoms. The van der Waals surface area contributed by atoms with Gasteiger partial charge in [0.15, 0.2) is 0 Å². The van der Waals surface area contributed by atoms with Gasteiger partial charge < -0.3 is 5.32 Å². The van der Waals surface area contributed by atoms with Crippen molar-refractivity contribution in [3.8, 4) is 12.3 Å². The summed E-state index contributed by atoms with van der Waals surface area (Å²) < 4.78 is 26.5. The third-order valence-electron chi connectivity index (χ3n) is 3.20. The van der Waals surface area contributed by atoms with Crippen LogP contribution in [-0.4, -0.2) is 32.7 Å². The van der Waals surface area contributed by atoms with Crippen molar-refractivity contribution in [1.82, 2.24) is 10.0 Å². The third-order valence-corrected chi connectivity index (χ3v) is 4.59. The van der Waals surface area contributed by atoms with Gasteiger partial charge in [-0.15, -0.1) is 6.42 Å². The monoisotopic (exact) mass is 319 g/mol. The van der Waals surface area contributed by atoms with Crippen LogP contribution in [0.3, 0.4) is 0 Å². The van der Waals surface area contributed by atoms with Gasteiger partial charge in [-0.05, 0) is 18.1 Å². The Morgan fingerprint density at radius 1 is 1.41 bits per heavy atom. The number of rotatable bonds is 4. The van der Waals surface area contributed by atoms with E-state index in [0.29, 0.717) is 5.56 Å². The summed E-state index contributed by atoms with van der Waals surface area (Å²) >= 11 is 0. The van der Waals surface area contributed by atoms with Crippen LogP contribution in [0.2, 0.25) is 0 Å². The quantitative estimate of drug-likeness (QED) is 0.792. The van der Waals surface area contributed by atoms with Crippen LogP contribution in [0.15, 0.2) is 34.2 Å². The van der Waals surface area contributed by atoms with E-state index in [0.717, 1.165) is 0 Å². The zero-order chi connectivity index (χ0) is 16.3. The van der Waals surface area contributed by atoms with Gasteiger partial charge in [-0.2, -0.15) is 0 Å². The van der Waals surface area contributed by atoms with E-state index in [1.54, 1.807) is 18.2 Å². The number of terminal acetylenes is 1. The number of fused-ring (bicyclic) bond motifs is 1. The zero-order valence-electron chi connectivity index (χ0n) is 12.3. The van der Waals surface area contributed by atoms with E-state index in [1.165, 1.54) is 6.07 Å². The lowest BCUT2D eigenvalue weighted by atomic mass is 10.0. The standard InChI is InChI=1S/C15H17N3O3S/c1-4-9-16-15(19)13(10(2)3)17-14-11-7-5-6-8-12(11)22(20,21)18-14/h1,5-8,10,13H,9H2,2-3H3,(H,16,19)(H,17,18)/t13-/m0/s1. The van der Waals surface area contributed by atoms with Crippen LogP contribution in [0.25, 0.3) is 0 Å². The van der Waals surface area contributed by atoms with Crippen LogP contribution in [0.5, 0.6) is 0 Å². The molecular weight excluding hydrogens is 302 g/mol. The van der Waals surface area contributed by atoms with Gasteiger partial charge in [0, 0.05) is 5.56 Å². The minimum Gasteiger partial charge on any atom is -0.343 e. The minimum absolute atomic E-state index is 0.106. The maximum absolute atomic E-state index is 12.1. The Morgan fingerprint density at radius 2 is 2.09 bits per heavy atom. The number of nitrogens with one attached hydrogen (secondary N) is 2. The van der Waals surface area contributed by atoms with Crippen LogP contribution in [-0.2, 0) is 14.8 Å². The summed E-state index contributed by atoms with van der Waals surface area (Å²) in [6.07, 6.45) is 5.12. The summed E-state index contributed by atoms with van der Waals surface area (Å²) in [5.74, 6) is 2.07. The molecule has 0 fully saturated rings. The number of carbonyl (C=O) groups is 1. The molecule has 6 nitrogen and oxygen atoms in total. The Balaban J connectivity index is 2.39. The molecule has 2 rings (SSSR count). The molecule has 0 aromatic heterocycles. The van der Waals surface area contributed by atoms with Crippen molar-refractivity contribution in [2.24, 2.45) is 10.9 Å². The second-order valence-electron chi connectivity index (χ2n) is 5.19. The third kappa shape index (κ3) is 3.12. The molecule has 0 unspecified atom stereocenters. The number of amides is 1. The van der Waals surface area contributed by atoms with E-state index in [1.807, 2.05) is 13.8 Å². The number of hydrogen-bond donors (Lipinski definition) is 2. The topological polar surface area (TPSA) is 87.6 Å². The van der Waals surface area contributed by atoms with Gasteiger partial charge in [-0.25, -0.2) is 8.42 Å². The molecule has 1 aromatic carbocycles. The number of carbonyl (C=O) groups excluding carboxylic acids is 1. The highest BCUT2D eigenvalue weighted by atomic mass is 32.2. The minimum atomic E-state index is -3.61. The first-order valence-corrected chi connectivity index (χ1v) is 8.26. The number of nitrogens with zero attached hydrogens (tertiary/aromatic N) is 1. The number of amidine groups is 1. The smallest absolute Gasteiger partial charge is 0.263 e. The molecule has 2 N–H and O–H groups in total. The van der Waals surface area contributed by atoms with Crippen LogP contribution < -0.4 is 10.0 Å². The predicted octanol–water partition coefficient (Wildman–Crippen LogP) is 0.499. The van der Waals surface area contributed by atoms with E-state index >= 15 is 0 Å². The lowest BCUT2D eigenvalue weighted by Gasteiger charge is -2.16. The second kappa shape index (κ2) is 6.20. The molecule has 0 aliphatic carbocycles. The first-order valence-electron chi connectivity index (χ1n) is 6.78. The second-order valence-corrected chi connectivity index (χ2v) is 6.84. The summed E-state index contributed by atoms with van der Waals surface area (Å²) in [5.41, 5.74) is 0.470. The van der Waals surface area contributed by atoms with Crippen molar-refractivity contribution in [2.75, 3.05) is 6.54 Å². The van der Waals surface area contributed by atoms with E-state index in [-0.39, 0.29) is 29.1 Å². The summed E-state index contributed by atoms with van der Waals surface area (Å²) in [4.78, 5) is 16.6. The van der Waals surface area contributed by atoms with Crippen molar-refractivity contribution in [3.63, 3.8) is 0 Å². The Bertz CT molecular complexity index is 760. The molecule has 1 aliphatic heterocycles. The maximum atomic E-state index is 12.1. The van der Waals surface area contributed by atoms with Gasteiger partial charge >= 0.3 is 0 Å². The van der Waals surface area contributed by atoms with E-state index < -0.39 is 16.1 Å². The first kappa shape index (κ1) is 16.0. The van der Waals surface area contributed by atoms with Crippen molar-refractivity contribution >= 4 is 21.8 Å². The van der Waals surface area contributed by atoms with Crippen LogP contribution in [0.1, 0.15) is 19.4 Å². The molecule has 0 radical (unpaired) electrons. The molecule has 1 atom stereocenters. The van der Waals surface area contributed by atoms with Crippen molar-refractivity contribution in [3.05, 3.63) is 29.8 Å². The van der Waals surface area contributed by atoms with Crippen molar-refractivity contribution < 1.29 is 13.2 Å². The lowest BCUT2D eigenvalue weighted by molar-refractivity contribution is -0.122. The Labute approximate surface area is 130 Å². The number of benzene rings is 1. The van der Waals surface area contributed by atoms with Crippen LogP contribution >= 0.6 is 0 Å². The normalized spacial score (nSPS) is 18.4. The molecule has 1 amide bonds. The Kier molecular flexibility index (Phi) is 4.52. The molecule has 0 saturated carbocycles. The zero-order valence-corrected chi connectivity index (χ0v) is 13.1. The highest BCUT2D eigenvalue weighted by molar-refractivity contribution is 7.90. The number of sulfonamides is 1. The summed E-state index contributed by atoms with van der Waals surface area (Å²) in [7, 11) is -3.61. The highest BCUT2D eigenvalue weighted by Gasteiger charge is 2.32. The van der Waals surface area contributed by atoms with Gasteiger partial charge in [-0.3, -0.25) is 14.5 Å². The molecule has 116 valence electrons. The lowest BCUT2D eigenvalue weighted by Crippen LogP contribution is -2.38.